The minimum absolute atomic E-state index is 0.00699. The summed E-state index contributed by atoms with van der Waals surface area (Å²) in [5, 5.41) is 0. The van der Waals surface area contributed by atoms with Crippen molar-refractivity contribution in [3.05, 3.63) is 104 Å². The fourth-order valence-electron chi connectivity index (χ4n) is 5.02. The highest BCUT2D eigenvalue weighted by Gasteiger charge is 2.16. The molecule has 0 saturated heterocycles. The zero-order chi connectivity index (χ0) is 38.7. The smallest absolute Gasteiger partial charge is 0.331 e. The number of ether oxygens (including phenoxy) is 6. The fraction of sp³-hybridized carbons (Fsp3) is 0.333. The molecule has 0 bridgehead atoms. The maximum atomic E-state index is 12.3. The molecule has 4 aromatic rings. The third kappa shape index (κ3) is 14.6. The predicted molar refractivity (Wildman–Crippen MR) is 212 cm³/mol. The molecule has 0 aliphatic rings. The van der Waals surface area contributed by atoms with Crippen LogP contribution in [-0.2, 0) is 19.1 Å². The van der Waals surface area contributed by atoms with Gasteiger partial charge < -0.3 is 39.9 Å². The molecule has 0 spiro atoms. The van der Waals surface area contributed by atoms with E-state index in [9.17, 15) is 9.59 Å². The molecule has 0 fully saturated rings. The maximum Gasteiger partial charge on any atom is 0.331 e. The highest BCUT2D eigenvalue weighted by atomic mass is 32.1. The normalized spacial score (nSPS) is 12.9. The van der Waals surface area contributed by atoms with Crippen LogP contribution in [0.5, 0.6) is 23.0 Å². The van der Waals surface area contributed by atoms with Crippen molar-refractivity contribution in [1.29, 1.82) is 0 Å². The van der Waals surface area contributed by atoms with E-state index in [1.165, 1.54) is 22.7 Å². The summed E-state index contributed by atoms with van der Waals surface area (Å²) in [6, 6.07) is 22.0. The van der Waals surface area contributed by atoms with Gasteiger partial charge in [0.25, 0.3) is 0 Å². The van der Waals surface area contributed by atoms with E-state index in [0.29, 0.717) is 24.3 Å². The second-order valence-corrected chi connectivity index (χ2v) is 14.7. The number of esters is 2. The van der Waals surface area contributed by atoms with E-state index in [0.717, 1.165) is 43.2 Å². The summed E-state index contributed by atoms with van der Waals surface area (Å²) in [4.78, 5) is 28.3. The van der Waals surface area contributed by atoms with Crippen LogP contribution < -0.4 is 30.4 Å². The predicted octanol–water partition coefficient (Wildman–Crippen LogP) is 7.08. The number of thiophene rings is 2. The van der Waals surface area contributed by atoms with Gasteiger partial charge in [0.15, 0.2) is 0 Å². The molecule has 0 saturated carbocycles. The summed E-state index contributed by atoms with van der Waals surface area (Å²) in [6.07, 6.45) is 3.35. The molecule has 0 radical (unpaired) electrons. The van der Waals surface area contributed by atoms with Crippen LogP contribution in [0.1, 0.15) is 58.3 Å². The van der Waals surface area contributed by atoms with Crippen LogP contribution in [0.25, 0.3) is 0 Å². The van der Waals surface area contributed by atoms with Crippen molar-refractivity contribution < 1.29 is 38.0 Å². The lowest BCUT2D eigenvalue weighted by atomic mass is 10.0. The molecule has 2 aromatic carbocycles. The summed E-state index contributed by atoms with van der Waals surface area (Å²) in [5.74, 6) is 13.8. The van der Waals surface area contributed by atoms with Crippen molar-refractivity contribution in [3.63, 3.8) is 0 Å². The molecule has 4 atom stereocenters. The van der Waals surface area contributed by atoms with Crippen LogP contribution >= 0.6 is 22.7 Å². The van der Waals surface area contributed by atoms with Gasteiger partial charge in [-0.25, -0.2) is 9.59 Å². The molecule has 4 rings (SSSR count). The number of carbonyl (C=O) groups excluding carboxylic acids is 2. The second kappa shape index (κ2) is 22.1. The quantitative estimate of drug-likeness (QED) is 0.0613. The Morgan fingerprint density at radius 3 is 1.46 bits per heavy atom. The number of hydrogen-bond acceptors (Lipinski definition) is 12. The van der Waals surface area contributed by atoms with Crippen molar-refractivity contribution >= 4 is 34.6 Å². The second-order valence-electron chi connectivity index (χ2n) is 12.4. The largest absolute Gasteiger partial charge is 0.497 e. The first-order valence-electron chi connectivity index (χ1n) is 17.4. The zero-order valence-corrected chi connectivity index (χ0v) is 32.5. The topological polar surface area (TPSA) is 142 Å². The van der Waals surface area contributed by atoms with Gasteiger partial charge in [-0.2, -0.15) is 0 Å². The Kier molecular flexibility index (Phi) is 17.0. The zero-order valence-electron chi connectivity index (χ0n) is 30.9. The Morgan fingerprint density at radius 2 is 1.06 bits per heavy atom. The number of rotatable bonds is 18. The van der Waals surface area contributed by atoms with Gasteiger partial charge in [0.2, 0.25) is 0 Å². The van der Waals surface area contributed by atoms with Crippen molar-refractivity contribution in [3.8, 4) is 46.7 Å². The molecule has 0 aliphatic heterocycles. The summed E-state index contributed by atoms with van der Waals surface area (Å²) < 4.78 is 32.4. The molecule has 0 amide bonds. The Labute approximate surface area is 325 Å². The molecule has 10 nitrogen and oxygen atoms in total. The molecule has 2 aromatic heterocycles. The van der Waals surface area contributed by atoms with Crippen molar-refractivity contribution in [1.82, 2.24) is 0 Å². The molecule has 12 heteroatoms. The van der Waals surface area contributed by atoms with Gasteiger partial charge in [-0.3, -0.25) is 0 Å². The first-order valence-corrected chi connectivity index (χ1v) is 19.0. The van der Waals surface area contributed by atoms with E-state index in [1.807, 2.05) is 74.5 Å². The van der Waals surface area contributed by atoms with E-state index in [-0.39, 0.29) is 50.3 Å². The first kappa shape index (κ1) is 41.5. The van der Waals surface area contributed by atoms with Gasteiger partial charge in [0.05, 0.1) is 37.2 Å². The lowest BCUT2D eigenvalue weighted by molar-refractivity contribution is -0.141. The summed E-state index contributed by atoms with van der Waals surface area (Å²) in [6.45, 7) is 4.71. The fourth-order valence-corrected chi connectivity index (χ4v) is 6.82. The van der Waals surface area contributed by atoms with E-state index >= 15 is 0 Å². The van der Waals surface area contributed by atoms with Gasteiger partial charge in [0, 0.05) is 46.1 Å². The van der Waals surface area contributed by atoms with Crippen LogP contribution in [0.3, 0.4) is 0 Å². The average Bonchev–Trinajstić information content (AvgIpc) is 3.86. The third-order valence-electron chi connectivity index (χ3n) is 7.80. The standard InChI is InChI=1S/C42H46N2O8S2/c1-29(23-37(43)39-17-15-35(53-39)13-7-21-49-33-11-5-9-31(25-33)47-3)27-51-41(45)19-20-42(46)52-28-30(2)24-38(44)40-18-16-36(54-40)14-8-22-50-34-12-6-10-32(26-34)48-4/h5-6,9-12,15-20,25-26,29-30,37-38H,21-24,27-28,43-44H2,1-4H3/b20-19-/t29-,30-,37?,38?/m1/s1. The number of hydrogen-bond donors (Lipinski definition) is 2. The Balaban J connectivity index is 1.09. The van der Waals surface area contributed by atoms with Gasteiger partial charge in [0.1, 0.15) is 36.2 Å². The average molecular weight is 771 g/mol. The highest BCUT2D eigenvalue weighted by molar-refractivity contribution is 7.12. The van der Waals surface area contributed by atoms with Crippen LogP contribution in [-0.4, -0.2) is 52.6 Å². The number of methoxy groups -OCH3 is 2. The summed E-state index contributed by atoms with van der Waals surface area (Å²) in [5.41, 5.74) is 12.9. The first-order chi connectivity index (χ1) is 26.1. The van der Waals surface area contributed by atoms with Gasteiger partial charge >= 0.3 is 11.9 Å². The maximum absolute atomic E-state index is 12.3. The van der Waals surface area contributed by atoms with Crippen LogP contribution in [0.2, 0.25) is 0 Å². The number of benzene rings is 2. The molecular weight excluding hydrogens is 725 g/mol. The van der Waals surface area contributed by atoms with E-state index in [4.69, 9.17) is 39.9 Å². The SMILES string of the molecule is COc1cccc(OCC#Cc2ccc(C(N)C[C@@H](C)COC(=O)/C=C\C(=O)OC[C@H](C)CC(N)c3ccc(C#CCOc4cccc(OC)c4)s3)s2)c1. The minimum atomic E-state index is -0.629. The highest BCUT2D eigenvalue weighted by Crippen LogP contribution is 2.28. The van der Waals surface area contributed by atoms with Crippen LogP contribution in [0.4, 0.5) is 0 Å². The molecule has 0 aliphatic carbocycles. The summed E-state index contributed by atoms with van der Waals surface area (Å²) in [7, 11) is 3.21. The van der Waals surface area contributed by atoms with Crippen molar-refractivity contribution in [2.75, 3.05) is 40.6 Å². The Hall–Kier alpha value is -5.24. The van der Waals surface area contributed by atoms with Crippen LogP contribution in [0, 0.1) is 35.5 Å². The van der Waals surface area contributed by atoms with E-state index in [2.05, 4.69) is 23.7 Å². The molecular formula is C42H46N2O8S2. The Bertz CT molecular complexity index is 1820. The Morgan fingerprint density at radius 1 is 0.648 bits per heavy atom. The van der Waals surface area contributed by atoms with Gasteiger partial charge in [-0.1, -0.05) is 49.7 Å². The van der Waals surface area contributed by atoms with Crippen molar-refractivity contribution in [2.24, 2.45) is 23.3 Å². The van der Waals surface area contributed by atoms with E-state index in [1.54, 1.807) is 26.4 Å². The van der Waals surface area contributed by atoms with E-state index < -0.39 is 11.9 Å². The van der Waals surface area contributed by atoms with Crippen LogP contribution in [0.15, 0.2) is 84.9 Å². The summed E-state index contributed by atoms with van der Waals surface area (Å²) >= 11 is 3.04. The number of nitrogens with two attached hydrogens (primary N) is 2. The lowest BCUT2D eigenvalue weighted by Gasteiger charge is -2.16. The molecule has 4 N–H and O–H groups in total. The lowest BCUT2D eigenvalue weighted by Crippen LogP contribution is -2.18. The number of carbonyl (C=O) groups is 2. The molecule has 2 heterocycles. The minimum Gasteiger partial charge on any atom is -0.497 e. The molecule has 54 heavy (non-hydrogen) atoms. The monoisotopic (exact) mass is 770 g/mol. The van der Waals surface area contributed by atoms with Crippen molar-refractivity contribution in [2.45, 2.75) is 38.8 Å². The van der Waals surface area contributed by atoms with Gasteiger partial charge in [-0.05, 0) is 73.2 Å². The third-order valence-corrected chi connectivity index (χ3v) is 10.1. The molecule has 284 valence electrons. The van der Waals surface area contributed by atoms with Gasteiger partial charge in [-0.15, -0.1) is 22.7 Å². The molecule has 2 unspecified atom stereocenters.